The van der Waals surface area contributed by atoms with Gasteiger partial charge in [0, 0.05) is 5.02 Å². The molecule has 0 fully saturated rings. The van der Waals surface area contributed by atoms with E-state index in [2.05, 4.69) is 12.1 Å². The molecule has 100 valence electrons. The van der Waals surface area contributed by atoms with Crippen LogP contribution in [0, 0.1) is 6.92 Å². The van der Waals surface area contributed by atoms with Gasteiger partial charge in [-0.2, -0.15) is 0 Å². The summed E-state index contributed by atoms with van der Waals surface area (Å²) >= 11 is 6.16. The zero-order chi connectivity index (χ0) is 13.7. The average molecular weight is 275 g/mol. The first-order valence-corrected chi connectivity index (χ1v) is 7.02. The molecule has 0 aliphatic rings. The number of hydrogen-bond acceptors (Lipinski definition) is 1. The molecule has 0 saturated carbocycles. The second kappa shape index (κ2) is 6.74. The van der Waals surface area contributed by atoms with Crippen LogP contribution in [0.5, 0.6) is 0 Å². The van der Waals surface area contributed by atoms with E-state index in [1.807, 2.05) is 43.3 Å². The Morgan fingerprint density at radius 1 is 1.11 bits per heavy atom. The summed E-state index contributed by atoms with van der Waals surface area (Å²) in [6.07, 6.45) is 2.20. The molecule has 0 amide bonds. The molecule has 0 radical (unpaired) electrons. The highest BCUT2D eigenvalue weighted by Gasteiger charge is 2.11. The van der Waals surface area contributed by atoms with Gasteiger partial charge in [0.05, 0.1) is 6.10 Å². The lowest BCUT2D eigenvalue weighted by molar-refractivity contribution is 0.165. The fourth-order valence-electron chi connectivity index (χ4n) is 2.20. The number of aryl methyl sites for hydroxylation is 2. The van der Waals surface area contributed by atoms with Crippen molar-refractivity contribution in [1.29, 1.82) is 0 Å². The van der Waals surface area contributed by atoms with E-state index >= 15 is 0 Å². The number of aliphatic hydroxyl groups excluding tert-OH is 1. The fraction of sp³-hybridized carbons (Fsp3) is 0.294. The van der Waals surface area contributed by atoms with E-state index < -0.39 is 6.10 Å². The summed E-state index contributed by atoms with van der Waals surface area (Å²) in [5.74, 6) is 0. The van der Waals surface area contributed by atoms with E-state index in [1.165, 1.54) is 5.56 Å². The predicted molar refractivity (Wildman–Crippen MR) is 80.5 cm³/mol. The van der Waals surface area contributed by atoms with Crippen molar-refractivity contribution < 1.29 is 5.11 Å². The maximum Gasteiger partial charge on any atom is 0.0804 e. The summed E-state index contributed by atoms with van der Waals surface area (Å²) in [4.78, 5) is 0. The molecule has 19 heavy (non-hydrogen) atoms. The number of aliphatic hydroxyl groups is 1. The van der Waals surface area contributed by atoms with Gasteiger partial charge in [-0.3, -0.25) is 0 Å². The third kappa shape index (κ3) is 4.09. The molecule has 2 rings (SSSR count). The molecular formula is C17H19ClO. The average Bonchev–Trinajstić information content (AvgIpc) is 2.39. The molecule has 1 unspecified atom stereocenters. The van der Waals surface area contributed by atoms with Gasteiger partial charge in [-0.1, -0.05) is 54.1 Å². The minimum absolute atomic E-state index is 0.475. The van der Waals surface area contributed by atoms with Crippen LogP contribution in [-0.2, 0) is 6.42 Å². The molecule has 0 bridgehead atoms. The quantitative estimate of drug-likeness (QED) is 0.837. The number of hydrogen-bond donors (Lipinski definition) is 1. The van der Waals surface area contributed by atoms with Crippen LogP contribution >= 0.6 is 11.6 Å². The van der Waals surface area contributed by atoms with Crippen LogP contribution in [0.2, 0.25) is 5.02 Å². The second-order valence-corrected chi connectivity index (χ2v) is 5.33. The molecule has 1 nitrogen and oxygen atoms in total. The van der Waals surface area contributed by atoms with E-state index in [0.717, 1.165) is 30.4 Å². The smallest absolute Gasteiger partial charge is 0.0804 e. The molecule has 1 atom stereocenters. The van der Waals surface area contributed by atoms with Crippen molar-refractivity contribution in [3.63, 3.8) is 0 Å². The third-order valence-electron chi connectivity index (χ3n) is 3.30. The first-order valence-electron chi connectivity index (χ1n) is 6.65. The maximum absolute atomic E-state index is 10.2. The highest BCUT2D eigenvalue weighted by Crippen LogP contribution is 2.27. The van der Waals surface area contributed by atoms with Crippen LogP contribution in [-0.4, -0.2) is 5.11 Å². The molecule has 0 spiro atoms. The predicted octanol–water partition coefficient (Wildman–Crippen LogP) is 4.70. The summed E-state index contributed by atoms with van der Waals surface area (Å²) in [5, 5.41) is 10.8. The zero-order valence-corrected chi connectivity index (χ0v) is 11.9. The number of benzene rings is 2. The topological polar surface area (TPSA) is 20.2 Å². The van der Waals surface area contributed by atoms with Gasteiger partial charge in [-0.05, 0) is 48.9 Å². The summed E-state index contributed by atoms with van der Waals surface area (Å²) in [5.41, 5.74) is 3.26. The van der Waals surface area contributed by atoms with Gasteiger partial charge in [0.2, 0.25) is 0 Å². The van der Waals surface area contributed by atoms with E-state index in [9.17, 15) is 5.11 Å². The van der Waals surface area contributed by atoms with Crippen LogP contribution in [0.25, 0.3) is 0 Å². The fourth-order valence-corrected chi connectivity index (χ4v) is 2.56. The molecule has 2 aromatic carbocycles. The summed E-state index contributed by atoms with van der Waals surface area (Å²) < 4.78 is 0. The lowest BCUT2D eigenvalue weighted by Gasteiger charge is -2.13. The molecular weight excluding hydrogens is 256 g/mol. The van der Waals surface area contributed by atoms with Gasteiger partial charge in [-0.15, -0.1) is 0 Å². The first-order chi connectivity index (χ1) is 9.16. The van der Waals surface area contributed by atoms with Crippen LogP contribution in [0.1, 0.15) is 35.6 Å². The second-order valence-electron chi connectivity index (χ2n) is 4.92. The van der Waals surface area contributed by atoms with Gasteiger partial charge in [0.1, 0.15) is 0 Å². The van der Waals surface area contributed by atoms with Crippen molar-refractivity contribution in [3.8, 4) is 0 Å². The van der Waals surface area contributed by atoms with Crippen molar-refractivity contribution in [3.05, 3.63) is 70.2 Å². The van der Waals surface area contributed by atoms with Crippen LogP contribution < -0.4 is 0 Å². The number of rotatable bonds is 5. The molecule has 1 N–H and O–H groups in total. The Kier molecular flexibility index (Phi) is 5.00. The monoisotopic (exact) mass is 274 g/mol. The molecule has 0 saturated heterocycles. The zero-order valence-electron chi connectivity index (χ0n) is 11.1. The Morgan fingerprint density at radius 3 is 2.53 bits per heavy atom. The maximum atomic E-state index is 10.2. The lowest BCUT2D eigenvalue weighted by Crippen LogP contribution is -1.99. The normalized spacial score (nSPS) is 12.4. The van der Waals surface area contributed by atoms with Gasteiger partial charge < -0.3 is 5.11 Å². The molecule has 0 heterocycles. The van der Waals surface area contributed by atoms with Crippen molar-refractivity contribution in [1.82, 2.24) is 0 Å². The Morgan fingerprint density at radius 2 is 1.84 bits per heavy atom. The van der Waals surface area contributed by atoms with Crippen LogP contribution in [0.15, 0.2) is 48.5 Å². The highest BCUT2D eigenvalue weighted by atomic mass is 35.5. The number of halogens is 1. The standard InChI is InChI=1S/C17H19ClO/c1-13-10-11-15(16(18)12-13)17(19)9-5-8-14-6-3-2-4-7-14/h2-4,6-7,10-12,17,19H,5,8-9H2,1H3. The first kappa shape index (κ1) is 14.1. The van der Waals surface area contributed by atoms with Crippen LogP contribution in [0.4, 0.5) is 0 Å². The molecule has 2 heteroatoms. The SMILES string of the molecule is Cc1ccc(C(O)CCCc2ccccc2)c(Cl)c1. The van der Waals surface area contributed by atoms with Crippen molar-refractivity contribution in [2.24, 2.45) is 0 Å². The van der Waals surface area contributed by atoms with E-state index in [4.69, 9.17) is 11.6 Å². The Balaban J connectivity index is 1.89. The van der Waals surface area contributed by atoms with Gasteiger partial charge >= 0.3 is 0 Å². The van der Waals surface area contributed by atoms with Crippen molar-refractivity contribution in [2.75, 3.05) is 0 Å². The van der Waals surface area contributed by atoms with Crippen molar-refractivity contribution in [2.45, 2.75) is 32.3 Å². The van der Waals surface area contributed by atoms with Gasteiger partial charge in [-0.25, -0.2) is 0 Å². The van der Waals surface area contributed by atoms with E-state index in [-0.39, 0.29) is 0 Å². The minimum Gasteiger partial charge on any atom is -0.388 e. The molecule has 0 aliphatic carbocycles. The Bertz CT molecular complexity index is 522. The Labute approximate surface area is 119 Å². The molecule has 0 aromatic heterocycles. The minimum atomic E-state index is -0.475. The van der Waals surface area contributed by atoms with Crippen LogP contribution in [0.3, 0.4) is 0 Å². The van der Waals surface area contributed by atoms with E-state index in [1.54, 1.807) is 0 Å². The molecule has 2 aromatic rings. The van der Waals surface area contributed by atoms with Crippen molar-refractivity contribution >= 4 is 11.6 Å². The summed E-state index contributed by atoms with van der Waals surface area (Å²) in [6.45, 7) is 2.00. The summed E-state index contributed by atoms with van der Waals surface area (Å²) in [6, 6.07) is 16.1. The third-order valence-corrected chi connectivity index (χ3v) is 3.63. The Hall–Kier alpha value is -1.31. The largest absolute Gasteiger partial charge is 0.388 e. The van der Waals surface area contributed by atoms with Gasteiger partial charge in [0.25, 0.3) is 0 Å². The lowest BCUT2D eigenvalue weighted by atomic mass is 10.0. The van der Waals surface area contributed by atoms with E-state index in [0.29, 0.717) is 5.02 Å². The molecule has 0 aliphatic heterocycles. The van der Waals surface area contributed by atoms with Gasteiger partial charge in [0.15, 0.2) is 0 Å². The summed E-state index contributed by atoms with van der Waals surface area (Å²) in [7, 11) is 0. The highest BCUT2D eigenvalue weighted by molar-refractivity contribution is 6.31.